The number of methoxy groups -OCH3 is 1. The van der Waals surface area contributed by atoms with Gasteiger partial charge >= 0.3 is 6.18 Å². The molecule has 1 aliphatic heterocycles. The second kappa shape index (κ2) is 16.7. The minimum Gasteiger partial charge on any atom is -0.383 e. The number of likely N-dealkylation sites (tertiary alicyclic amines) is 1. The molecule has 6 rings (SSSR count). The zero-order valence-corrected chi connectivity index (χ0v) is 28.0. The van der Waals surface area contributed by atoms with Crippen molar-refractivity contribution in [1.82, 2.24) is 14.4 Å². The van der Waals surface area contributed by atoms with Crippen LogP contribution in [-0.2, 0) is 34.5 Å². The molecular formula is C41H40F5N3O3S. The summed E-state index contributed by atoms with van der Waals surface area (Å²) in [7, 11) is -3.06. The largest absolute Gasteiger partial charge is 0.416 e. The van der Waals surface area contributed by atoms with Crippen molar-refractivity contribution in [3.63, 3.8) is 0 Å². The van der Waals surface area contributed by atoms with Gasteiger partial charge in [0.25, 0.3) is 0 Å². The molecule has 1 aliphatic rings. The van der Waals surface area contributed by atoms with Crippen LogP contribution in [0.4, 0.5) is 22.0 Å². The van der Waals surface area contributed by atoms with E-state index in [0.29, 0.717) is 4.90 Å². The number of alkyl halides is 3. The molecule has 1 aromatic heterocycles. The van der Waals surface area contributed by atoms with Crippen molar-refractivity contribution < 1.29 is 64.4 Å². The quantitative estimate of drug-likeness (QED) is 0.0939. The minimum atomic E-state index is -5.26. The second-order valence-corrected chi connectivity index (χ2v) is 12.0. The van der Waals surface area contributed by atoms with Crippen LogP contribution in [0.1, 0.15) is 68.0 Å². The summed E-state index contributed by atoms with van der Waals surface area (Å²) < 4.78 is 281. The molecule has 278 valence electrons. The first-order chi connectivity index (χ1) is 35.1. The van der Waals surface area contributed by atoms with Gasteiger partial charge in [-0.15, -0.1) is 11.8 Å². The van der Waals surface area contributed by atoms with Crippen molar-refractivity contribution in [2.45, 2.75) is 55.8 Å². The Morgan fingerprint density at radius 2 is 1.74 bits per heavy atom. The first kappa shape index (κ1) is 18.2. The van der Waals surface area contributed by atoms with E-state index < -0.39 is 252 Å². The number of halogens is 5. The number of nitrogens with zero attached hydrogens (tertiary/aromatic N) is 3. The number of carbonyl (C=O) groups is 1. The molecule has 0 N–H and O–H groups in total. The van der Waals surface area contributed by atoms with E-state index in [1.807, 2.05) is 0 Å². The molecule has 4 aromatic carbocycles. The normalized spacial score (nSPS) is 21.7. The molecule has 53 heavy (non-hydrogen) atoms. The van der Waals surface area contributed by atoms with Gasteiger partial charge in [-0.1, -0.05) is 60.4 Å². The summed E-state index contributed by atoms with van der Waals surface area (Å²) in [5.41, 5.74) is -13.5. The molecule has 0 atom stereocenters. The number of aromatic nitrogens is 1. The van der Waals surface area contributed by atoms with Crippen molar-refractivity contribution in [3.8, 4) is 11.1 Å². The number of ether oxygens (including phenoxy) is 1. The first-order valence-corrected chi connectivity index (χ1v) is 16.2. The van der Waals surface area contributed by atoms with Crippen molar-refractivity contribution in [2.75, 3.05) is 33.2 Å². The highest BCUT2D eigenvalue weighted by Crippen LogP contribution is 2.34. The van der Waals surface area contributed by atoms with Crippen molar-refractivity contribution in [3.05, 3.63) is 135 Å². The van der Waals surface area contributed by atoms with Gasteiger partial charge in [-0.3, -0.25) is 9.59 Å². The number of carbonyl (C=O) groups excluding carboxylic acids is 1. The molecular weight excluding hydrogens is 710 g/mol. The van der Waals surface area contributed by atoms with E-state index in [2.05, 4.69) is 4.74 Å². The van der Waals surface area contributed by atoms with Crippen LogP contribution in [0.2, 0.25) is 0 Å². The Morgan fingerprint density at radius 1 is 1.00 bits per heavy atom. The number of thioether (sulfide) groups is 1. The Bertz CT molecular complexity index is 3260. The van der Waals surface area contributed by atoms with Gasteiger partial charge in [0.2, 0.25) is 5.91 Å². The molecule has 0 spiro atoms. The number of piperidine rings is 1. The fraction of sp³-hybridized carbons (Fsp3) is 0.317. The lowest BCUT2D eigenvalue weighted by Gasteiger charge is -2.39. The Balaban J connectivity index is 1.63. The second-order valence-electron chi connectivity index (χ2n) is 11.2. The predicted molar refractivity (Wildman–Crippen MR) is 198 cm³/mol. The lowest BCUT2D eigenvalue weighted by atomic mass is 9.98. The molecule has 5 aromatic rings. The minimum absolute atomic E-state index is 0.0465. The molecule has 1 amide bonds. The molecule has 2 heterocycles. The zero-order chi connectivity index (χ0) is 58.6. The molecule has 0 saturated carbocycles. The molecule has 0 radical (unpaired) electrons. The standard InChI is InChI=1S/C41H40F5N3O3S/c1-27-22-30(14-15-34(27)41(44,45)46)29-12-10-28(11-13-29)24-48(32-16-18-47(19-17-32)20-21-52-2)38(51)25-49-36-9-4-3-7-33(36)37(50)23-39(49)53-26-31-6-5-8-35(42)40(31)43/h3-15,22-23,32H,16-21,24-26H2,1-2H3/i2D3,3D,4D,5D,6D,7D,8D,9D,10D,11D,12D,13D,14D,15D,20D2,22D,23D,25D2,26D2. The first-order valence-electron chi connectivity index (χ1n) is 27.4. The number of para-hydroxylation sites is 1. The Kier molecular flexibility index (Phi) is 5.72. The smallest absolute Gasteiger partial charge is 0.383 e. The highest BCUT2D eigenvalue weighted by molar-refractivity contribution is 7.98. The SMILES string of the molecule is [2H]c1c([2H])c(F)c(F)c(C([2H])([2H])Sc2c([2H])c(=O)c3c([2H])c([2H])c([2H])c([2H])c3n2C([2H])([2H])C(=O)N(Cc2c([2H])c([2H])c(-c3c([2H])c([2H])c(C(F)(F)F)c(C)c3[2H])c([2H])c2[2H])C2CCN(C([2H])([2H])COC([2H])([2H])[2H])CC2)c1[2H]. The summed E-state index contributed by atoms with van der Waals surface area (Å²) >= 11 is -0.565. The average molecular weight is 774 g/mol. The van der Waals surface area contributed by atoms with Gasteiger partial charge in [0.1, 0.15) is 6.50 Å². The van der Waals surface area contributed by atoms with Gasteiger partial charge in [-0.05, 0) is 66.2 Å². The van der Waals surface area contributed by atoms with E-state index in [9.17, 15) is 25.1 Å². The van der Waals surface area contributed by atoms with Gasteiger partial charge in [0.05, 0.1) is 50.1 Å². The fourth-order valence-corrected chi connectivity index (χ4v) is 5.99. The summed E-state index contributed by atoms with van der Waals surface area (Å²) in [6.07, 6.45) is -6.13. The topological polar surface area (TPSA) is 54.8 Å². The highest BCUT2D eigenvalue weighted by atomic mass is 32.2. The molecule has 0 unspecified atom stereocenters. The van der Waals surface area contributed by atoms with Crippen LogP contribution >= 0.6 is 11.8 Å². The number of benzene rings is 4. The Morgan fingerprint density at radius 3 is 2.47 bits per heavy atom. The maximum Gasteiger partial charge on any atom is 0.416 e. The van der Waals surface area contributed by atoms with E-state index in [1.165, 1.54) is 0 Å². The third kappa shape index (κ3) is 9.00. The van der Waals surface area contributed by atoms with Crippen molar-refractivity contribution in [1.29, 1.82) is 0 Å². The third-order valence-electron chi connectivity index (χ3n) is 7.84. The van der Waals surface area contributed by atoms with Crippen LogP contribution in [-0.4, -0.2) is 59.5 Å². The Hall–Kier alpha value is -4.52. The maximum absolute atomic E-state index is 15.6. The van der Waals surface area contributed by atoms with Crippen LogP contribution < -0.4 is 5.43 Å². The monoisotopic (exact) mass is 773 g/mol. The third-order valence-corrected chi connectivity index (χ3v) is 8.62. The van der Waals surface area contributed by atoms with E-state index in [4.69, 9.17) is 30.2 Å². The van der Waals surface area contributed by atoms with Gasteiger partial charge in [0.15, 0.2) is 17.1 Å². The van der Waals surface area contributed by atoms with Gasteiger partial charge in [0, 0.05) is 67.4 Å². The lowest BCUT2D eigenvalue weighted by Crippen LogP contribution is -2.48. The van der Waals surface area contributed by atoms with Crippen LogP contribution in [0.25, 0.3) is 22.0 Å². The summed E-state index contributed by atoms with van der Waals surface area (Å²) in [6, 6.07) is -20.6. The van der Waals surface area contributed by atoms with Crippen molar-refractivity contribution >= 4 is 28.6 Å². The van der Waals surface area contributed by atoms with Gasteiger partial charge in [-0.25, -0.2) is 8.78 Å². The van der Waals surface area contributed by atoms with E-state index in [0.717, 1.165) is 11.8 Å². The summed E-state index contributed by atoms with van der Waals surface area (Å²) in [6.45, 7) is -8.95. The zero-order valence-electron chi connectivity index (χ0n) is 51.2. The number of amides is 1. The number of pyridine rings is 1. The van der Waals surface area contributed by atoms with Crippen molar-refractivity contribution in [2.24, 2.45) is 0 Å². The van der Waals surface area contributed by atoms with E-state index >= 15 is 9.18 Å². The number of hydrogen-bond acceptors (Lipinski definition) is 5. The van der Waals surface area contributed by atoms with E-state index in [-0.39, 0.29) is 4.57 Å². The number of fused-ring (bicyclic) bond motifs is 1. The molecule has 1 fully saturated rings. The molecule has 6 nitrogen and oxygen atoms in total. The molecule has 1 saturated heterocycles. The van der Waals surface area contributed by atoms with E-state index in [1.54, 1.807) is 0 Å². The van der Waals surface area contributed by atoms with Crippen LogP contribution in [0.3, 0.4) is 0 Å². The van der Waals surface area contributed by atoms with Gasteiger partial charge < -0.3 is 19.1 Å². The van der Waals surface area contributed by atoms with Crippen LogP contribution in [0.15, 0.2) is 100 Å². The summed E-state index contributed by atoms with van der Waals surface area (Å²) in [5, 5.41) is -2.58. The summed E-state index contributed by atoms with van der Waals surface area (Å²) in [5.74, 6) is -6.28. The fourth-order valence-electron chi connectivity index (χ4n) is 5.28. The lowest BCUT2D eigenvalue weighted by molar-refractivity contribution is -0.138. The predicted octanol–water partition coefficient (Wildman–Crippen LogP) is 8.71. The average Bonchev–Trinajstić information content (AvgIpc) is 3.33. The van der Waals surface area contributed by atoms with Crippen LogP contribution in [0, 0.1) is 18.6 Å². The number of hydrogen-bond donors (Lipinski definition) is 0. The Labute approximate surface area is 342 Å². The maximum atomic E-state index is 15.6. The molecule has 12 heteroatoms. The molecule has 0 bridgehead atoms. The van der Waals surface area contributed by atoms with Gasteiger partial charge in [-0.2, -0.15) is 13.2 Å². The molecule has 0 aliphatic carbocycles. The number of rotatable bonds is 12. The highest BCUT2D eigenvalue weighted by Gasteiger charge is 2.32. The van der Waals surface area contributed by atoms with Crippen LogP contribution in [0.5, 0.6) is 0 Å². The summed E-state index contributed by atoms with van der Waals surface area (Å²) in [4.78, 5) is 31.1.